The van der Waals surface area contributed by atoms with E-state index in [0.29, 0.717) is 0 Å². The molecule has 21 nitrogen and oxygen atoms in total. The maximum Gasteiger partial charge on any atom is 0.364 e. The normalized spacial score (nSPS) is 42.9. The van der Waals surface area contributed by atoms with Crippen molar-refractivity contribution in [3.8, 4) is 0 Å². The van der Waals surface area contributed by atoms with Crippen LogP contribution in [0.25, 0.3) is 0 Å². The van der Waals surface area contributed by atoms with E-state index in [4.69, 9.17) is 23.7 Å². The molecule has 3 aliphatic heterocycles. The Bertz CT molecular complexity index is 1050. The minimum absolute atomic E-state index is 0.692. The van der Waals surface area contributed by atoms with Gasteiger partial charge in [-0.1, -0.05) is 0 Å². The average Bonchev–Trinajstić information content (AvgIpc) is 2.99. The van der Waals surface area contributed by atoms with E-state index in [1.54, 1.807) is 0 Å². The summed E-state index contributed by atoms with van der Waals surface area (Å²) < 4.78 is 27.4. The fourth-order valence-electron chi connectivity index (χ4n) is 5.57. The lowest BCUT2D eigenvalue weighted by atomic mass is 9.88. The molecule has 46 heavy (non-hydrogen) atoms. The molecule has 3 heterocycles. The number of nitrogens with one attached hydrogen (secondary N) is 2. The van der Waals surface area contributed by atoms with Crippen molar-refractivity contribution in [2.75, 3.05) is 19.8 Å². The standard InChI is InChI=1S/C25H42N2O19/c1-7(31)26-13-9(33)3-25(24(40)41,45-20(13)15(35)10(34)4-28)46-21-16(36)11(5-29)43-23(18(21)38)44-19-12(6-30)42-22(39)14(17(19)37)27-8(2)32/h9-23,28-30,33-39H,3-6H2,1-2H3,(H,26,31)(H,27,32)(H,40,41)/t9?,10-,11?,12?,13-,14?,15-,16+,17?,18?,19-,20?,21?,22-,23+,25-/m1/s1. The zero-order valence-electron chi connectivity index (χ0n) is 24.7. The second kappa shape index (κ2) is 15.8. The highest BCUT2D eigenvalue weighted by atomic mass is 16.8. The maximum atomic E-state index is 12.6. The van der Waals surface area contributed by atoms with Gasteiger partial charge in [0.2, 0.25) is 11.8 Å². The highest BCUT2D eigenvalue weighted by Gasteiger charge is 2.60. The molecule has 3 aliphatic rings. The van der Waals surface area contributed by atoms with Gasteiger partial charge in [0, 0.05) is 20.3 Å². The Morgan fingerprint density at radius 2 is 1.43 bits per heavy atom. The van der Waals surface area contributed by atoms with E-state index in [-0.39, 0.29) is 0 Å². The van der Waals surface area contributed by atoms with E-state index >= 15 is 0 Å². The van der Waals surface area contributed by atoms with Crippen LogP contribution in [0.5, 0.6) is 0 Å². The van der Waals surface area contributed by atoms with Gasteiger partial charge in [-0.3, -0.25) is 9.59 Å². The summed E-state index contributed by atoms with van der Waals surface area (Å²) in [6.07, 6.45) is -25.7. The fraction of sp³-hybridized carbons (Fsp3) is 0.880. The first kappa shape index (κ1) is 38.3. The van der Waals surface area contributed by atoms with E-state index < -0.39 is 142 Å². The largest absolute Gasteiger partial charge is 0.477 e. The van der Waals surface area contributed by atoms with Crippen molar-refractivity contribution in [1.82, 2.24) is 10.6 Å². The summed E-state index contributed by atoms with van der Waals surface area (Å²) in [6.45, 7) is -0.789. The lowest BCUT2D eigenvalue weighted by Gasteiger charge is -2.50. The minimum atomic E-state index is -3.04. The Morgan fingerprint density at radius 3 is 1.96 bits per heavy atom. The molecule has 0 aromatic heterocycles. The van der Waals surface area contributed by atoms with Crippen LogP contribution in [-0.2, 0) is 38.1 Å². The third kappa shape index (κ3) is 8.08. The van der Waals surface area contributed by atoms with Crippen LogP contribution in [-0.4, -0.2) is 191 Å². The number of amides is 2. The number of aliphatic carboxylic acids is 1. The molecule has 266 valence electrons. The molecule has 21 heteroatoms. The first-order chi connectivity index (χ1) is 21.5. The van der Waals surface area contributed by atoms with Crippen molar-refractivity contribution in [2.24, 2.45) is 0 Å². The molecule has 3 fully saturated rings. The van der Waals surface area contributed by atoms with E-state index in [0.717, 1.165) is 13.8 Å². The van der Waals surface area contributed by atoms with Crippen molar-refractivity contribution in [3.63, 3.8) is 0 Å². The molecule has 0 spiro atoms. The molecule has 8 unspecified atom stereocenters. The van der Waals surface area contributed by atoms with Crippen LogP contribution in [0, 0.1) is 0 Å². The Balaban J connectivity index is 1.95. The monoisotopic (exact) mass is 674 g/mol. The van der Waals surface area contributed by atoms with Crippen LogP contribution < -0.4 is 10.6 Å². The molecule has 0 bridgehead atoms. The quantitative estimate of drug-likeness (QED) is 0.0913. The predicted octanol–water partition coefficient (Wildman–Crippen LogP) is -8.08. The van der Waals surface area contributed by atoms with E-state index in [2.05, 4.69) is 10.6 Å². The second-order valence-corrected chi connectivity index (χ2v) is 11.2. The molecule has 16 atom stereocenters. The van der Waals surface area contributed by atoms with E-state index in [9.17, 15) is 70.6 Å². The summed E-state index contributed by atoms with van der Waals surface area (Å²) >= 11 is 0. The topological polar surface area (TPSA) is 344 Å². The summed E-state index contributed by atoms with van der Waals surface area (Å²) in [6, 6.07) is -3.05. The minimum Gasteiger partial charge on any atom is -0.477 e. The Labute approximate surface area is 260 Å². The summed E-state index contributed by atoms with van der Waals surface area (Å²) in [4.78, 5) is 36.0. The first-order valence-corrected chi connectivity index (χ1v) is 14.2. The van der Waals surface area contributed by atoms with Gasteiger partial charge in [0.05, 0.1) is 32.0 Å². The SMILES string of the molecule is CC(=O)NC1C(O)[C@H](O[C@@H]2OC(CO)[C@H](O)C(O[C@@]3(C(=O)O)CC(O)[C@@H](NC(C)=O)C([C@H](O)[C@H](O)CO)O3)C2O)C(CO)O[C@H]1O. The van der Waals surface area contributed by atoms with Gasteiger partial charge in [-0.15, -0.1) is 0 Å². The highest BCUT2D eigenvalue weighted by Crippen LogP contribution is 2.38. The Hall–Kier alpha value is -2.19. The van der Waals surface area contributed by atoms with Gasteiger partial charge in [0.15, 0.2) is 12.6 Å². The second-order valence-electron chi connectivity index (χ2n) is 11.2. The molecule has 0 saturated carbocycles. The number of carboxylic acids is 1. The molecule has 0 radical (unpaired) electrons. The van der Waals surface area contributed by atoms with Crippen LogP contribution >= 0.6 is 0 Å². The zero-order chi connectivity index (χ0) is 34.7. The number of rotatable bonds is 12. The van der Waals surface area contributed by atoms with Crippen LogP contribution in [0.15, 0.2) is 0 Å². The van der Waals surface area contributed by atoms with Crippen molar-refractivity contribution in [3.05, 3.63) is 0 Å². The van der Waals surface area contributed by atoms with Gasteiger partial charge in [-0.25, -0.2) is 4.79 Å². The van der Waals surface area contributed by atoms with Crippen molar-refractivity contribution in [2.45, 2.75) is 118 Å². The third-order valence-corrected chi connectivity index (χ3v) is 7.87. The zero-order valence-corrected chi connectivity index (χ0v) is 24.7. The molecule has 0 aromatic carbocycles. The molecule has 13 N–H and O–H groups in total. The number of hydrogen-bond acceptors (Lipinski definition) is 18. The van der Waals surface area contributed by atoms with Gasteiger partial charge in [-0.2, -0.15) is 0 Å². The van der Waals surface area contributed by atoms with Crippen LogP contribution in [0.1, 0.15) is 20.3 Å². The van der Waals surface area contributed by atoms with Gasteiger partial charge < -0.3 is 90.5 Å². The van der Waals surface area contributed by atoms with E-state index in [1.807, 2.05) is 0 Å². The number of hydrogen-bond donors (Lipinski definition) is 13. The highest BCUT2D eigenvalue weighted by molar-refractivity contribution is 5.76. The molecule has 0 aliphatic carbocycles. The first-order valence-electron chi connectivity index (χ1n) is 14.2. The van der Waals surface area contributed by atoms with Crippen molar-refractivity contribution >= 4 is 17.8 Å². The van der Waals surface area contributed by atoms with Crippen molar-refractivity contribution in [1.29, 1.82) is 0 Å². The van der Waals surface area contributed by atoms with Gasteiger partial charge in [0.25, 0.3) is 5.79 Å². The fourth-order valence-corrected chi connectivity index (χ4v) is 5.57. The number of carbonyl (C=O) groups excluding carboxylic acids is 2. The summed E-state index contributed by atoms with van der Waals surface area (Å²) in [5.74, 6) is -6.46. The average molecular weight is 675 g/mol. The smallest absolute Gasteiger partial charge is 0.364 e. The molecular weight excluding hydrogens is 632 g/mol. The van der Waals surface area contributed by atoms with Crippen LogP contribution in [0.4, 0.5) is 0 Å². The van der Waals surface area contributed by atoms with Crippen molar-refractivity contribution < 1.29 is 94.2 Å². The number of aliphatic hydroxyl groups is 10. The van der Waals surface area contributed by atoms with Gasteiger partial charge in [0.1, 0.15) is 67.1 Å². The van der Waals surface area contributed by atoms with Gasteiger partial charge in [-0.05, 0) is 0 Å². The molecular formula is C25H42N2O19. The Morgan fingerprint density at radius 1 is 0.848 bits per heavy atom. The number of aliphatic hydroxyl groups excluding tert-OH is 10. The molecule has 2 amide bonds. The maximum absolute atomic E-state index is 12.6. The summed E-state index contributed by atoms with van der Waals surface area (Å²) in [5, 5.41) is 118. The molecule has 0 aromatic rings. The molecule has 3 rings (SSSR count). The third-order valence-electron chi connectivity index (χ3n) is 7.87. The van der Waals surface area contributed by atoms with Gasteiger partial charge >= 0.3 is 5.97 Å². The number of ether oxygens (including phenoxy) is 5. The number of carbonyl (C=O) groups is 3. The molecule has 3 saturated heterocycles. The van der Waals surface area contributed by atoms with Crippen LogP contribution in [0.3, 0.4) is 0 Å². The van der Waals surface area contributed by atoms with E-state index in [1.165, 1.54) is 0 Å². The summed E-state index contributed by atoms with van der Waals surface area (Å²) in [5.41, 5.74) is 0. The lowest BCUT2D eigenvalue weighted by Crippen LogP contribution is -2.71. The predicted molar refractivity (Wildman–Crippen MR) is 142 cm³/mol. The summed E-state index contributed by atoms with van der Waals surface area (Å²) in [7, 11) is 0. The Kier molecular flexibility index (Phi) is 13.1. The van der Waals surface area contributed by atoms with Crippen LogP contribution in [0.2, 0.25) is 0 Å². The lowest BCUT2D eigenvalue weighted by molar-refractivity contribution is -0.382. The number of carboxylic acid groups (broad SMARTS) is 1.